The van der Waals surface area contributed by atoms with Crippen LogP contribution in [0.15, 0.2) is 15.9 Å². The SMILES string of the molecule is CCNC1(C(=O)OC)CCCC(Sc2nccs2)C1. The Balaban J connectivity index is 2.06. The average molecular weight is 300 g/mol. The number of likely N-dealkylation sites (N-methyl/N-ethyl adjacent to an activating group) is 1. The molecule has 2 atom stereocenters. The molecule has 1 aromatic rings. The van der Waals surface area contributed by atoms with Gasteiger partial charge in [-0.05, 0) is 32.2 Å². The number of hydrogen-bond acceptors (Lipinski definition) is 6. The zero-order valence-corrected chi connectivity index (χ0v) is 13.0. The van der Waals surface area contributed by atoms with E-state index in [1.165, 1.54) is 7.11 Å². The fraction of sp³-hybridized carbons (Fsp3) is 0.692. The maximum atomic E-state index is 12.1. The van der Waals surface area contributed by atoms with Crippen molar-refractivity contribution in [1.29, 1.82) is 0 Å². The molecule has 2 rings (SSSR count). The highest BCUT2D eigenvalue weighted by Crippen LogP contribution is 2.39. The average Bonchev–Trinajstić information content (AvgIpc) is 2.91. The first kappa shape index (κ1) is 14.8. The third-order valence-corrected chi connectivity index (χ3v) is 5.66. The number of carbonyl (C=O) groups excluding carboxylic acids is 1. The van der Waals surface area contributed by atoms with E-state index in [-0.39, 0.29) is 5.97 Å². The van der Waals surface area contributed by atoms with E-state index in [0.717, 1.165) is 36.6 Å². The first-order chi connectivity index (χ1) is 9.20. The summed E-state index contributed by atoms with van der Waals surface area (Å²) in [6, 6.07) is 0. The fourth-order valence-corrected chi connectivity index (χ4v) is 4.90. The molecule has 1 saturated carbocycles. The van der Waals surface area contributed by atoms with Crippen LogP contribution in [0, 0.1) is 0 Å². The van der Waals surface area contributed by atoms with Gasteiger partial charge in [0.15, 0.2) is 0 Å². The molecule has 1 fully saturated rings. The number of hydrogen-bond donors (Lipinski definition) is 1. The Morgan fingerprint density at radius 2 is 2.58 bits per heavy atom. The summed E-state index contributed by atoms with van der Waals surface area (Å²) in [5.41, 5.74) is -0.503. The summed E-state index contributed by atoms with van der Waals surface area (Å²) < 4.78 is 6.09. The highest BCUT2D eigenvalue weighted by atomic mass is 32.2. The van der Waals surface area contributed by atoms with E-state index < -0.39 is 5.54 Å². The normalized spacial score (nSPS) is 27.2. The van der Waals surface area contributed by atoms with Crippen molar-refractivity contribution in [2.75, 3.05) is 13.7 Å². The van der Waals surface area contributed by atoms with E-state index >= 15 is 0 Å². The Kier molecular flexibility index (Phi) is 5.24. The summed E-state index contributed by atoms with van der Waals surface area (Å²) in [5, 5.41) is 5.77. The van der Waals surface area contributed by atoms with Crippen LogP contribution in [0.2, 0.25) is 0 Å². The lowest BCUT2D eigenvalue weighted by Crippen LogP contribution is -2.55. The van der Waals surface area contributed by atoms with Gasteiger partial charge in [0.1, 0.15) is 9.88 Å². The van der Waals surface area contributed by atoms with Gasteiger partial charge in [-0.3, -0.25) is 4.79 Å². The summed E-state index contributed by atoms with van der Waals surface area (Å²) in [7, 11) is 1.47. The minimum Gasteiger partial charge on any atom is -0.468 e. The number of ether oxygens (including phenoxy) is 1. The minimum absolute atomic E-state index is 0.126. The van der Waals surface area contributed by atoms with Gasteiger partial charge in [-0.1, -0.05) is 18.7 Å². The number of carbonyl (C=O) groups is 1. The van der Waals surface area contributed by atoms with Gasteiger partial charge in [-0.2, -0.15) is 0 Å². The second kappa shape index (κ2) is 6.72. The molecular weight excluding hydrogens is 280 g/mol. The molecule has 2 unspecified atom stereocenters. The number of rotatable bonds is 5. The first-order valence-electron chi connectivity index (χ1n) is 6.60. The molecule has 0 bridgehead atoms. The van der Waals surface area contributed by atoms with Gasteiger partial charge in [-0.15, -0.1) is 11.3 Å². The molecule has 0 amide bonds. The summed E-state index contributed by atoms with van der Waals surface area (Å²) in [5.74, 6) is -0.126. The van der Waals surface area contributed by atoms with E-state index in [1.54, 1.807) is 23.1 Å². The molecular formula is C13H20N2O2S2. The van der Waals surface area contributed by atoms with Gasteiger partial charge in [0.25, 0.3) is 0 Å². The molecule has 4 nitrogen and oxygen atoms in total. The quantitative estimate of drug-likeness (QED) is 0.847. The largest absolute Gasteiger partial charge is 0.468 e. The lowest BCUT2D eigenvalue weighted by molar-refractivity contribution is -0.150. The molecule has 0 aliphatic heterocycles. The van der Waals surface area contributed by atoms with Crippen LogP contribution in [0.1, 0.15) is 32.6 Å². The van der Waals surface area contributed by atoms with E-state index in [9.17, 15) is 4.79 Å². The topological polar surface area (TPSA) is 51.2 Å². The molecule has 1 N–H and O–H groups in total. The van der Waals surface area contributed by atoms with Gasteiger partial charge in [0, 0.05) is 16.8 Å². The van der Waals surface area contributed by atoms with Gasteiger partial charge in [0.2, 0.25) is 0 Å². The highest BCUT2D eigenvalue weighted by Gasteiger charge is 2.43. The van der Waals surface area contributed by atoms with Crippen molar-refractivity contribution in [3.63, 3.8) is 0 Å². The van der Waals surface area contributed by atoms with Crippen LogP contribution >= 0.6 is 23.1 Å². The van der Waals surface area contributed by atoms with Gasteiger partial charge in [0.05, 0.1) is 7.11 Å². The van der Waals surface area contributed by atoms with Crippen LogP contribution in [-0.4, -0.2) is 35.4 Å². The number of thiazole rings is 1. The Labute approximate surface area is 122 Å². The number of methoxy groups -OCH3 is 1. The number of esters is 1. The number of thioether (sulfide) groups is 1. The summed E-state index contributed by atoms with van der Waals surface area (Å²) in [6.45, 7) is 2.81. The van der Waals surface area contributed by atoms with Crippen molar-refractivity contribution in [2.45, 2.75) is 47.7 Å². The maximum absolute atomic E-state index is 12.1. The van der Waals surface area contributed by atoms with E-state index in [2.05, 4.69) is 10.3 Å². The third kappa shape index (κ3) is 3.49. The standard InChI is InChI=1S/C13H20N2O2S2/c1-3-15-13(11(16)17-2)6-4-5-10(9-13)19-12-14-7-8-18-12/h7-8,10,15H,3-6,9H2,1-2H3. The van der Waals surface area contributed by atoms with Crippen LogP contribution < -0.4 is 5.32 Å². The van der Waals surface area contributed by atoms with Crippen LogP contribution in [0.5, 0.6) is 0 Å². The maximum Gasteiger partial charge on any atom is 0.326 e. The lowest BCUT2D eigenvalue weighted by atomic mass is 9.81. The molecule has 6 heteroatoms. The van der Waals surface area contributed by atoms with Crippen LogP contribution in [0.3, 0.4) is 0 Å². The number of nitrogens with zero attached hydrogens (tertiary/aromatic N) is 1. The second-order valence-electron chi connectivity index (χ2n) is 4.74. The predicted octanol–water partition coefficient (Wildman–Crippen LogP) is 2.70. The molecule has 0 radical (unpaired) electrons. The zero-order valence-electron chi connectivity index (χ0n) is 11.3. The van der Waals surface area contributed by atoms with Crippen LogP contribution in [0.4, 0.5) is 0 Å². The Morgan fingerprint density at radius 1 is 1.74 bits per heavy atom. The van der Waals surface area contributed by atoms with Crippen molar-refractivity contribution < 1.29 is 9.53 Å². The minimum atomic E-state index is -0.503. The molecule has 1 heterocycles. The Bertz CT molecular complexity index is 407. The molecule has 0 spiro atoms. The molecule has 1 aliphatic rings. The van der Waals surface area contributed by atoms with Gasteiger partial charge in [-0.25, -0.2) is 4.98 Å². The van der Waals surface area contributed by atoms with Crippen LogP contribution in [-0.2, 0) is 9.53 Å². The van der Waals surface area contributed by atoms with Gasteiger partial charge >= 0.3 is 5.97 Å². The highest BCUT2D eigenvalue weighted by molar-refractivity contribution is 8.01. The first-order valence-corrected chi connectivity index (χ1v) is 8.35. The van der Waals surface area contributed by atoms with Crippen molar-refractivity contribution in [2.24, 2.45) is 0 Å². The van der Waals surface area contributed by atoms with Crippen molar-refractivity contribution in [3.05, 3.63) is 11.6 Å². The summed E-state index contributed by atoms with van der Waals surface area (Å²) >= 11 is 3.45. The van der Waals surface area contributed by atoms with Crippen LogP contribution in [0.25, 0.3) is 0 Å². The van der Waals surface area contributed by atoms with Crippen molar-refractivity contribution in [3.8, 4) is 0 Å². The lowest BCUT2D eigenvalue weighted by Gasteiger charge is -2.38. The van der Waals surface area contributed by atoms with Crippen molar-refractivity contribution in [1.82, 2.24) is 10.3 Å². The Morgan fingerprint density at radius 3 is 3.21 bits per heavy atom. The third-order valence-electron chi connectivity index (χ3n) is 3.47. The second-order valence-corrected chi connectivity index (χ2v) is 7.18. The van der Waals surface area contributed by atoms with E-state index in [4.69, 9.17) is 4.74 Å². The smallest absolute Gasteiger partial charge is 0.326 e. The molecule has 106 valence electrons. The zero-order chi connectivity index (χ0) is 13.7. The number of nitrogens with one attached hydrogen (secondary N) is 1. The molecule has 0 saturated heterocycles. The van der Waals surface area contributed by atoms with Crippen molar-refractivity contribution >= 4 is 29.1 Å². The summed E-state index contributed by atoms with van der Waals surface area (Å²) in [6.07, 6.45) is 5.69. The predicted molar refractivity (Wildman–Crippen MR) is 78.7 cm³/mol. The Hall–Kier alpha value is -0.590. The van der Waals surface area contributed by atoms with E-state index in [0.29, 0.717) is 5.25 Å². The molecule has 1 aromatic heterocycles. The number of aromatic nitrogens is 1. The fourth-order valence-electron chi connectivity index (χ4n) is 2.69. The molecule has 19 heavy (non-hydrogen) atoms. The van der Waals surface area contributed by atoms with Gasteiger partial charge < -0.3 is 10.1 Å². The molecule has 0 aromatic carbocycles. The van der Waals surface area contributed by atoms with E-state index in [1.807, 2.05) is 18.5 Å². The summed E-state index contributed by atoms with van der Waals surface area (Å²) in [4.78, 5) is 16.4. The monoisotopic (exact) mass is 300 g/mol. The molecule has 1 aliphatic carbocycles.